The maximum atomic E-state index is 12.5. The van der Waals surface area contributed by atoms with Crippen LogP contribution in [0.5, 0.6) is 0 Å². The van der Waals surface area contributed by atoms with E-state index in [2.05, 4.69) is 33.4 Å². The minimum absolute atomic E-state index is 0.0116. The van der Waals surface area contributed by atoms with Gasteiger partial charge in [0.05, 0.1) is 12.0 Å². The van der Waals surface area contributed by atoms with Crippen molar-refractivity contribution in [1.29, 1.82) is 0 Å². The first kappa shape index (κ1) is 15.5. The summed E-state index contributed by atoms with van der Waals surface area (Å²) < 4.78 is 1.04. The molecule has 118 valence electrons. The summed E-state index contributed by atoms with van der Waals surface area (Å²) in [5, 5.41) is 3.20. The van der Waals surface area contributed by atoms with Gasteiger partial charge in [-0.1, -0.05) is 34.5 Å². The first-order valence-electron chi connectivity index (χ1n) is 7.84. The molecule has 1 aromatic carbocycles. The summed E-state index contributed by atoms with van der Waals surface area (Å²) >= 11 is 3.45. The maximum absolute atomic E-state index is 12.5. The van der Waals surface area contributed by atoms with Gasteiger partial charge in [-0.15, -0.1) is 0 Å². The van der Waals surface area contributed by atoms with Crippen molar-refractivity contribution in [3.8, 4) is 0 Å². The van der Waals surface area contributed by atoms with Crippen molar-refractivity contribution in [2.45, 2.75) is 31.7 Å². The van der Waals surface area contributed by atoms with Gasteiger partial charge in [-0.2, -0.15) is 0 Å². The normalized spacial score (nSPS) is 23.3. The van der Waals surface area contributed by atoms with E-state index in [4.69, 9.17) is 0 Å². The average molecular weight is 365 g/mol. The van der Waals surface area contributed by atoms with E-state index >= 15 is 0 Å². The van der Waals surface area contributed by atoms with E-state index in [1.54, 1.807) is 11.9 Å². The number of carbonyl (C=O) groups is 2. The molecule has 0 aromatic heterocycles. The van der Waals surface area contributed by atoms with Crippen LogP contribution in [0.25, 0.3) is 0 Å². The lowest BCUT2D eigenvalue weighted by Crippen LogP contribution is -2.40. The SMILES string of the molecule is CN1C[C@@H](C(=O)N[C@H](c2ccc(Br)cc2)C2CCC2)CC1=O. The first-order chi connectivity index (χ1) is 10.5. The van der Waals surface area contributed by atoms with Crippen LogP contribution in [0, 0.1) is 11.8 Å². The van der Waals surface area contributed by atoms with Crippen molar-refractivity contribution in [3.05, 3.63) is 34.3 Å². The molecule has 0 bridgehead atoms. The van der Waals surface area contributed by atoms with Crippen molar-refractivity contribution in [2.24, 2.45) is 11.8 Å². The van der Waals surface area contributed by atoms with E-state index in [1.807, 2.05) is 12.1 Å². The zero-order valence-electron chi connectivity index (χ0n) is 12.7. The second-order valence-corrected chi connectivity index (χ2v) is 7.32. The van der Waals surface area contributed by atoms with E-state index in [9.17, 15) is 9.59 Å². The molecule has 1 aliphatic heterocycles. The van der Waals surface area contributed by atoms with Crippen LogP contribution in [-0.4, -0.2) is 30.3 Å². The number of amides is 2. The van der Waals surface area contributed by atoms with E-state index in [1.165, 1.54) is 6.42 Å². The zero-order valence-corrected chi connectivity index (χ0v) is 14.3. The van der Waals surface area contributed by atoms with E-state index in [0.29, 0.717) is 18.9 Å². The number of nitrogens with zero attached hydrogens (tertiary/aromatic N) is 1. The molecule has 1 aromatic rings. The third kappa shape index (κ3) is 3.19. The third-order valence-corrected chi connectivity index (χ3v) is 5.39. The fraction of sp³-hybridized carbons (Fsp3) is 0.529. The van der Waals surface area contributed by atoms with Gasteiger partial charge < -0.3 is 10.2 Å². The lowest BCUT2D eigenvalue weighted by atomic mass is 9.77. The van der Waals surface area contributed by atoms with Crippen LogP contribution in [0.4, 0.5) is 0 Å². The first-order valence-corrected chi connectivity index (χ1v) is 8.63. The maximum Gasteiger partial charge on any atom is 0.225 e. The molecular formula is C17H21BrN2O2. The molecule has 1 N–H and O–H groups in total. The molecule has 0 radical (unpaired) electrons. The average Bonchev–Trinajstić information content (AvgIpc) is 2.77. The van der Waals surface area contributed by atoms with Crippen LogP contribution in [-0.2, 0) is 9.59 Å². The van der Waals surface area contributed by atoms with Crippen molar-refractivity contribution in [2.75, 3.05) is 13.6 Å². The lowest BCUT2D eigenvalue weighted by molar-refractivity contribution is -0.128. The highest BCUT2D eigenvalue weighted by molar-refractivity contribution is 9.10. The van der Waals surface area contributed by atoms with Gasteiger partial charge in [-0.3, -0.25) is 9.59 Å². The Hall–Kier alpha value is -1.36. The number of carbonyl (C=O) groups excluding carboxylic acids is 2. The Morgan fingerprint density at radius 3 is 2.50 bits per heavy atom. The topological polar surface area (TPSA) is 49.4 Å². The fourth-order valence-corrected chi connectivity index (χ4v) is 3.49. The molecule has 2 fully saturated rings. The molecule has 0 unspecified atom stereocenters. The number of benzene rings is 1. The second-order valence-electron chi connectivity index (χ2n) is 6.40. The van der Waals surface area contributed by atoms with Crippen LogP contribution in [0.15, 0.2) is 28.7 Å². The van der Waals surface area contributed by atoms with Crippen molar-refractivity contribution in [1.82, 2.24) is 10.2 Å². The van der Waals surface area contributed by atoms with Crippen molar-refractivity contribution in [3.63, 3.8) is 0 Å². The van der Waals surface area contributed by atoms with E-state index < -0.39 is 0 Å². The highest BCUT2D eigenvalue weighted by atomic mass is 79.9. The van der Waals surface area contributed by atoms with Crippen LogP contribution in [0.2, 0.25) is 0 Å². The van der Waals surface area contributed by atoms with Crippen LogP contribution in [0.3, 0.4) is 0 Å². The number of hydrogen-bond acceptors (Lipinski definition) is 2. The van der Waals surface area contributed by atoms with Gasteiger partial charge in [0.1, 0.15) is 0 Å². The second kappa shape index (κ2) is 6.41. The van der Waals surface area contributed by atoms with Gasteiger partial charge in [0.25, 0.3) is 0 Å². The fourth-order valence-electron chi connectivity index (χ4n) is 3.23. The quantitative estimate of drug-likeness (QED) is 0.892. The summed E-state index contributed by atoms with van der Waals surface area (Å²) in [6.45, 7) is 0.530. The Labute approximate surface area is 139 Å². The molecule has 3 rings (SSSR count). The number of rotatable bonds is 4. The summed E-state index contributed by atoms with van der Waals surface area (Å²) in [6, 6.07) is 8.23. The predicted molar refractivity (Wildman–Crippen MR) is 88.1 cm³/mol. The molecule has 0 spiro atoms. The predicted octanol–water partition coefficient (Wildman–Crippen LogP) is 2.88. The van der Waals surface area contributed by atoms with Crippen molar-refractivity contribution < 1.29 is 9.59 Å². The largest absolute Gasteiger partial charge is 0.349 e. The van der Waals surface area contributed by atoms with E-state index in [0.717, 1.165) is 22.9 Å². The van der Waals surface area contributed by atoms with Gasteiger partial charge in [0, 0.05) is 24.5 Å². The summed E-state index contributed by atoms with van der Waals surface area (Å²) in [5.41, 5.74) is 1.15. The Kier molecular flexibility index (Phi) is 4.52. The molecule has 22 heavy (non-hydrogen) atoms. The number of halogens is 1. The smallest absolute Gasteiger partial charge is 0.225 e. The molecule has 1 aliphatic carbocycles. The number of nitrogens with one attached hydrogen (secondary N) is 1. The van der Waals surface area contributed by atoms with Gasteiger partial charge in [-0.25, -0.2) is 0 Å². The monoisotopic (exact) mass is 364 g/mol. The van der Waals surface area contributed by atoms with Crippen LogP contribution < -0.4 is 5.32 Å². The van der Waals surface area contributed by atoms with Gasteiger partial charge in [-0.05, 0) is 36.5 Å². The van der Waals surface area contributed by atoms with Gasteiger partial charge in [0.2, 0.25) is 11.8 Å². The molecule has 1 heterocycles. The molecule has 1 saturated heterocycles. The third-order valence-electron chi connectivity index (χ3n) is 4.86. The number of hydrogen-bond donors (Lipinski definition) is 1. The molecule has 4 nitrogen and oxygen atoms in total. The Balaban J connectivity index is 1.71. The summed E-state index contributed by atoms with van der Waals surface area (Å²) in [7, 11) is 1.76. The molecule has 2 amide bonds. The molecule has 5 heteroatoms. The molecular weight excluding hydrogens is 344 g/mol. The van der Waals surface area contributed by atoms with Crippen LogP contribution >= 0.6 is 15.9 Å². The minimum atomic E-state index is -0.212. The van der Waals surface area contributed by atoms with Crippen molar-refractivity contribution >= 4 is 27.7 Å². The summed E-state index contributed by atoms with van der Waals surface area (Å²) in [6.07, 6.45) is 3.88. The minimum Gasteiger partial charge on any atom is -0.349 e. The molecule has 1 saturated carbocycles. The van der Waals surface area contributed by atoms with Gasteiger partial charge in [0.15, 0.2) is 0 Å². The van der Waals surface area contributed by atoms with Gasteiger partial charge >= 0.3 is 0 Å². The molecule has 2 atom stereocenters. The van der Waals surface area contributed by atoms with E-state index in [-0.39, 0.29) is 23.8 Å². The highest BCUT2D eigenvalue weighted by Crippen LogP contribution is 2.38. The Bertz CT molecular complexity index is 569. The highest BCUT2D eigenvalue weighted by Gasteiger charge is 2.35. The Morgan fingerprint density at radius 1 is 1.32 bits per heavy atom. The summed E-state index contributed by atoms with van der Waals surface area (Å²) in [5.74, 6) is 0.372. The lowest BCUT2D eigenvalue weighted by Gasteiger charge is -2.35. The summed E-state index contributed by atoms with van der Waals surface area (Å²) in [4.78, 5) is 25.8. The molecule has 2 aliphatic rings. The van der Waals surface area contributed by atoms with Crippen LogP contribution in [0.1, 0.15) is 37.3 Å². The zero-order chi connectivity index (χ0) is 15.7. The standard InChI is InChI=1S/C17H21BrN2O2/c1-20-10-13(9-15(20)21)17(22)19-16(11-3-2-4-11)12-5-7-14(18)8-6-12/h5-8,11,13,16H,2-4,9-10H2,1H3,(H,19,22)/t13-,16-/m0/s1. The Morgan fingerprint density at radius 2 is 2.00 bits per heavy atom. The number of likely N-dealkylation sites (tertiary alicyclic amines) is 1.